The summed E-state index contributed by atoms with van der Waals surface area (Å²) in [6.45, 7) is 0.370. The predicted octanol–water partition coefficient (Wildman–Crippen LogP) is 1.75. The normalized spacial score (nSPS) is 11.2. The molecule has 0 amide bonds. The van der Waals surface area contributed by atoms with Crippen LogP contribution >= 0.6 is 0 Å². The summed E-state index contributed by atoms with van der Waals surface area (Å²) in [7, 11) is -3.63. The Morgan fingerprint density at radius 3 is 2.50 bits per heavy atom. The zero-order valence-corrected chi connectivity index (χ0v) is 11.5. The van der Waals surface area contributed by atoms with Crippen molar-refractivity contribution in [3.05, 3.63) is 54.6 Å². The molecule has 0 heterocycles. The maximum Gasteiger partial charge on any atom is 0.240 e. The van der Waals surface area contributed by atoms with Gasteiger partial charge in [-0.15, -0.1) is 0 Å². The molecule has 2 aromatic rings. The lowest BCUT2D eigenvalue weighted by atomic mass is 10.3. The van der Waals surface area contributed by atoms with Gasteiger partial charge >= 0.3 is 0 Å². The molecule has 0 fully saturated rings. The monoisotopic (exact) mass is 293 g/mol. The zero-order valence-electron chi connectivity index (χ0n) is 10.7. The first kappa shape index (κ1) is 14.4. The van der Waals surface area contributed by atoms with Gasteiger partial charge in [0.25, 0.3) is 0 Å². The second-order valence-electron chi connectivity index (χ2n) is 4.06. The van der Waals surface area contributed by atoms with E-state index in [1.807, 2.05) is 18.2 Å². The molecule has 0 aliphatic carbocycles. The van der Waals surface area contributed by atoms with Crippen LogP contribution in [-0.4, -0.2) is 26.7 Å². The van der Waals surface area contributed by atoms with Crippen LogP contribution in [0.1, 0.15) is 0 Å². The molecule has 20 heavy (non-hydrogen) atoms. The summed E-state index contributed by atoms with van der Waals surface area (Å²) in [5, 5.41) is 9.28. The Hall–Kier alpha value is -2.05. The Kier molecular flexibility index (Phi) is 4.60. The maximum absolute atomic E-state index is 11.9. The molecule has 0 aliphatic rings. The number of hydrogen-bond donors (Lipinski definition) is 2. The van der Waals surface area contributed by atoms with Crippen molar-refractivity contribution >= 4 is 10.0 Å². The lowest BCUT2D eigenvalue weighted by molar-refractivity contribution is 0.323. The SMILES string of the molecule is O=S(=O)(NCCOc1ccccc1)c1cccc(O)c1. The van der Waals surface area contributed by atoms with E-state index in [9.17, 15) is 13.5 Å². The molecule has 5 nitrogen and oxygen atoms in total. The van der Waals surface area contributed by atoms with Crippen LogP contribution in [0.25, 0.3) is 0 Å². The number of nitrogens with one attached hydrogen (secondary N) is 1. The molecule has 0 spiro atoms. The van der Waals surface area contributed by atoms with Crippen LogP contribution in [0.4, 0.5) is 0 Å². The highest BCUT2D eigenvalue weighted by Gasteiger charge is 2.13. The Balaban J connectivity index is 1.87. The fourth-order valence-electron chi connectivity index (χ4n) is 1.60. The van der Waals surface area contributed by atoms with Crippen molar-refractivity contribution in [3.8, 4) is 11.5 Å². The molecule has 0 saturated heterocycles. The predicted molar refractivity (Wildman–Crippen MR) is 75.2 cm³/mol. The number of benzene rings is 2. The molecule has 0 aliphatic heterocycles. The van der Waals surface area contributed by atoms with Gasteiger partial charge in [-0.05, 0) is 30.3 Å². The third-order valence-electron chi connectivity index (χ3n) is 2.53. The minimum Gasteiger partial charge on any atom is -0.508 e. The van der Waals surface area contributed by atoms with Crippen LogP contribution < -0.4 is 9.46 Å². The lowest BCUT2D eigenvalue weighted by Crippen LogP contribution is -2.28. The van der Waals surface area contributed by atoms with Crippen molar-refractivity contribution in [2.75, 3.05) is 13.2 Å². The Labute approximate surface area is 117 Å². The molecule has 2 aromatic carbocycles. The number of ether oxygens (including phenoxy) is 1. The number of rotatable bonds is 6. The van der Waals surface area contributed by atoms with Gasteiger partial charge in [-0.1, -0.05) is 24.3 Å². The number of aromatic hydroxyl groups is 1. The molecule has 0 aromatic heterocycles. The summed E-state index contributed by atoms with van der Waals surface area (Å²) >= 11 is 0. The lowest BCUT2D eigenvalue weighted by Gasteiger charge is -2.08. The molecule has 0 bridgehead atoms. The van der Waals surface area contributed by atoms with E-state index in [1.165, 1.54) is 24.3 Å². The molecular formula is C14H15NO4S. The van der Waals surface area contributed by atoms with Gasteiger partial charge in [-0.3, -0.25) is 0 Å². The summed E-state index contributed by atoms with van der Waals surface area (Å²) in [5.74, 6) is 0.595. The van der Waals surface area contributed by atoms with E-state index in [1.54, 1.807) is 12.1 Å². The largest absolute Gasteiger partial charge is 0.508 e. The molecule has 0 saturated carbocycles. The fraction of sp³-hybridized carbons (Fsp3) is 0.143. The van der Waals surface area contributed by atoms with Gasteiger partial charge < -0.3 is 9.84 Å². The van der Waals surface area contributed by atoms with Gasteiger partial charge in [0.2, 0.25) is 10.0 Å². The smallest absolute Gasteiger partial charge is 0.240 e. The summed E-state index contributed by atoms with van der Waals surface area (Å²) in [5.41, 5.74) is 0. The van der Waals surface area contributed by atoms with Crippen molar-refractivity contribution < 1.29 is 18.3 Å². The van der Waals surface area contributed by atoms with Gasteiger partial charge in [0.15, 0.2) is 0 Å². The topological polar surface area (TPSA) is 75.6 Å². The van der Waals surface area contributed by atoms with E-state index in [0.29, 0.717) is 5.75 Å². The van der Waals surface area contributed by atoms with E-state index in [0.717, 1.165) is 0 Å². The second-order valence-corrected chi connectivity index (χ2v) is 5.82. The van der Waals surface area contributed by atoms with Crippen LogP contribution in [0.2, 0.25) is 0 Å². The zero-order chi connectivity index (χ0) is 14.4. The van der Waals surface area contributed by atoms with Gasteiger partial charge in [0.05, 0.1) is 4.90 Å². The van der Waals surface area contributed by atoms with Crippen LogP contribution in [0.3, 0.4) is 0 Å². The highest BCUT2D eigenvalue weighted by molar-refractivity contribution is 7.89. The quantitative estimate of drug-likeness (QED) is 0.796. The number of hydrogen-bond acceptors (Lipinski definition) is 4. The molecule has 0 radical (unpaired) electrons. The summed E-state index contributed by atoms with van der Waals surface area (Å²) in [6.07, 6.45) is 0. The van der Waals surface area contributed by atoms with Crippen molar-refractivity contribution in [2.24, 2.45) is 0 Å². The third-order valence-corrected chi connectivity index (χ3v) is 3.99. The number of sulfonamides is 1. The second kappa shape index (κ2) is 6.40. The molecule has 2 rings (SSSR count). The van der Waals surface area contributed by atoms with Gasteiger partial charge in [-0.2, -0.15) is 0 Å². The molecule has 106 valence electrons. The van der Waals surface area contributed by atoms with Crippen LogP contribution in [0.15, 0.2) is 59.5 Å². The fourth-order valence-corrected chi connectivity index (χ4v) is 2.65. The van der Waals surface area contributed by atoms with Crippen LogP contribution in [-0.2, 0) is 10.0 Å². The van der Waals surface area contributed by atoms with Crippen LogP contribution in [0.5, 0.6) is 11.5 Å². The number of para-hydroxylation sites is 1. The number of phenolic OH excluding ortho intramolecular Hbond substituents is 1. The standard InChI is InChI=1S/C14H15NO4S/c16-12-5-4-8-14(11-12)20(17,18)15-9-10-19-13-6-2-1-3-7-13/h1-8,11,15-16H,9-10H2. The summed E-state index contributed by atoms with van der Waals surface area (Å²) in [6, 6.07) is 14.6. The van der Waals surface area contributed by atoms with E-state index in [-0.39, 0.29) is 23.8 Å². The van der Waals surface area contributed by atoms with E-state index in [2.05, 4.69) is 4.72 Å². The van der Waals surface area contributed by atoms with E-state index in [4.69, 9.17) is 4.74 Å². The van der Waals surface area contributed by atoms with Gasteiger partial charge in [0.1, 0.15) is 18.1 Å². The first-order valence-corrected chi connectivity index (χ1v) is 7.53. The first-order valence-electron chi connectivity index (χ1n) is 6.04. The van der Waals surface area contributed by atoms with Crippen LogP contribution in [0, 0.1) is 0 Å². The molecule has 0 unspecified atom stereocenters. The van der Waals surface area contributed by atoms with Crippen molar-refractivity contribution in [3.63, 3.8) is 0 Å². The maximum atomic E-state index is 11.9. The summed E-state index contributed by atoms with van der Waals surface area (Å²) < 4.78 is 31.6. The van der Waals surface area contributed by atoms with Gasteiger partial charge in [0, 0.05) is 6.54 Å². The van der Waals surface area contributed by atoms with Gasteiger partial charge in [-0.25, -0.2) is 13.1 Å². The summed E-state index contributed by atoms with van der Waals surface area (Å²) in [4.78, 5) is 0.0252. The average molecular weight is 293 g/mol. The Morgan fingerprint density at radius 2 is 1.80 bits per heavy atom. The van der Waals surface area contributed by atoms with E-state index >= 15 is 0 Å². The van der Waals surface area contributed by atoms with E-state index < -0.39 is 10.0 Å². The first-order chi connectivity index (χ1) is 9.58. The molecule has 2 N–H and O–H groups in total. The molecule has 6 heteroatoms. The highest BCUT2D eigenvalue weighted by atomic mass is 32.2. The minimum absolute atomic E-state index is 0.0252. The Bertz CT molecular complexity index is 656. The third kappa shape index (κ3) is 3.97. The minimum atomic E-state index is -3.63. The number of phenols is 1. The van der Waals surface area contributed by atoms with Crippen molar-refractivity contribution in [1.29, 1.82) is 0 Å². The highest BCUT2D eigenvalue weighted by Crippen LogP contribution is 2.15. The molecule has 0 atom stereocenters. The average Bonchev–Trinajstić information content (AvgIpc) is 2.45. The molecular weight excluding hydrogens is 278 g/mol. The Morgan fingerprint density at radius 1 is 1.05 bits per heavy atom. The van der Waals surface area contributed by atoms with Crippen molar-refractivity contribution in [2.45, 2.75) is 4.90 Å². The van der Waals surface area contributed by atoms with Crippen molar-refractivity contribution in [1.82, 2.24) is 4.72 Å².